The average Bonchev–Trinajstić information content (AvgIpc) is 2.35. The Kier molecular flexibility index (Phi) is 5.49. The van der Waals surface area contributed by atoms with Gasteiger partial charge in [0, 0.05) is 10.9 Å². The summed E-state index contributed by atoms with van der Waals surface area (Å²) in [5.41, 5.74) is 1.33. The Labute approximate surface area is 121 Å². The van der Waals surface area contributed by atoms with Gasteiger partial charge in [0.05, 0.1) is 4.83 Å². The van der Waals surface area contributed by atoms with Crippen LogP contribution in [0.3, 0.4) is 0 Å². The molecular weight excluding hydrogens is 368 g/mol. The number of carboxylic acid groups (broad SMARTS) is 1. The maximum Gasteiger partial charge on any atom is 0.337 e. The van der Waals surface area contributed by atoms with Crippen LogP contribution >= 0.6 is 31.9 Å². The molecule has 6 heteroatoms. The van der Waals surface area contributed by atoms with Crippen LogP contribution in [-0.2, 0) is 10.1 Å². The van der Waals surface area contributed by atoms with E-state index in [0.29, 0.717) is 10.9 Å². The minimum absolute atomic E-state index is 0.156. The van der Waals surface area contributed by atoms with Gasteiger partial charge in [-0.15, -0.1) is 0 Å². The van der Waals surface area contributed by atoms with E-state index in [1.165, 1.54) is 6.07 Å². The van der Waals surface area contributed by atoms with Crippen LogP contribution in [0.25, 0.3) is 0 Å². The zero-order valence-corrected chi connectivity index (χ0v) is 12.7. The fourth-order valence-electron chi connectivity index (χ4n) is 1.47. The number of halogens is 2. The number of carbonyl (C=O) groups excluding carboxylic acids is 1. The zero-order valence-electron chi connectivity index (χ0n) is 9.56. The summed E-state index contributed by atoms with van der Waals surface area (Å²) >= 11 is 6.42. The number of carbonyl (C=O) groups is 2. The van der Waals surface area contributed by atoms with Gasteiger partial charge < -0.3 is 10.2 Å². The minimum atomic E-state index is -1.62. The van der Waals surface area contributed by atoms with E-state index < -0.39 is 12.1 Å². The molecule has 4 nitrogen and oxygen atoms in total. The number of Topliss-reactive ketones (excluding diaryl/α,β-unsaturated/α-hetero) is 1. The summed E-state index contributed by atoms with van der Waals surface area (Å²) in [4.78, 5) is 22.3. The molecule has 0 fully saturated rings. The second-order valence-electron chi connectivity index (χ2n) is 3.82. The van der Waals surface area contributed by atoms with Gasteiger partial charge in [-0.2, -0.15) is 0 Å². The van der Waals surface area contributed by atoms with Crippen LogP contribution in [-0.4, -0.2) is 26.8 Å². The van der Waals surface area contributed by atoms with E-state index in [4.69, 9.17) is 5.11 Å². The fourth-order valence-corrected chi connectivity index (χ4v) is 2.06. The second-order valence-corrected chi connectivity index (χ2v) is 5.75. The molecule has 1 aromatic carbocycles. The molecule has 0 spiro atoms. The fraction of sp³-hybridized carbons (Fsp3) is 0.333. The monoisotopic (exact) mass is 378 g/mol. The molecule has 0 heterocycles. The van der Waals surface area contributed by atoms with Gasteiger partial charge in [0.15, 0.2) is 11.9 Å². The highest BCUT2D eigenvalue weighted by Crippen LogP contribution is 2.21. The molecule has 0 saturated heterocycles. The highest BCUT2D eigenvalue weighted by atomic mass is 79.9. The van der Waals surface area contributed by atoms with E-state index in [-0.39, 0.29) is 16.2 Å². The lowest BCUT2D eigenvalue weighted by molar-refractivity contribution is -0.146. The molecule has 0 radical (unpaired) electrons. The van der Waals surface area contributed by atoms with Gasteiger partial charge >= 0.3 is 5.97 Å². The van der Waals surface area contributed by atoms with Crippen LogP contribution in [0, 0.1) is 0 Å². The first-order valence-electron chi connectivity index (χ1n) is 5.15. The molecular formula is C12H12Br2O4. The molecule has 0 aromatic heterocycles. The van der Waals surface area contributed by atoms with E-state index in [0.717, 1.165) is 5.56 Å². The van der Waals surface area contributed by atoms with Crippen molar-refractivity contribution in [2.75, 3.05) is 0 Å². The lowest BCUT2D eigenvalue weighted by Gasteiger charge is -2.11. The van der Waals surface area contributed by atoms with Crippen LogP contribution < -0.4 is 0 Å². The number of aliphatic hydroxyl groups excluding tert-OH is 1. The lowest BCUT2D eigenvalue weighted by atomic mass is 9.99. The predicted octanol–water partition coefficient (Wildman–Crippen LogP) is 2.67. The van der Waals surface area contributed by atoms with Gasteiger partial charge in [0.25, 0.3) is 0 Å². The summed E-state index contributed by atoms with van der Waals surface area (Å²) in [7, 11) is 0. The lowest BCUT2D eigenvalue weighted by Crippen LogP contribution is -2.14. The van der Waals surface area contributed by atoms with Gasteiger partial charge in [-0.05, 0) is 30.2 Å². The molecule has 2 atom stereocenters. The number of carboxylic acids is 1. The SMILES string of the molecule is CC(Br)C(=O)c1cc(CBr)cc(C(O)C(=O)O)c1. The summed E-state index contributed by atoms with van der Waals surface area (Å²) in [6, 6.07) is 4.64. The standard InChI is InChI=1S/C12H12Br2O4/c1-6(14)10(15)8-2-7(5-13)3-9(4-8)11(16)12(17)18/h2-4,6,11,16H,5H2,1H3,(H,17,18). The van der Waals surface area contributed by atoms with E-state index in [1.54, 1.807) is 19.1 Å². The normalized spacial score (nSPS) is 14.0. The third-order valence-corrected chi connectivity index (χ3v) is 3.43. The number of aliphatic carboxylic acids is 1. The summed E-state index contributed by atoms with van der Waals surface area (Å²) < 4.78 is 0. The van der Waals surface area contributed by atoms with Crippen LogP contribution in [0.5, 0.6) is 0 Å². The maximum absolute atomic E-state index is 11.9. The molecule has 2 N–H and O–H groups in total. The van der Waals surface area contributed by atoms with E-state index in [9.17, 15) is 14.7 Å². The van der Waals surface area contributed by atoms with Crippen molar-refractivity contribution in [3.05, 3.63) is 34.9 Å². The Bertz CT molecular complexity index is 471. The molecule has 98 valence electrons. The third kappa shape index (κ3) is 3.63. The first-order valence-corrected chi connectivity index (χ1v) is 7.19. The minimum Gasteiger partial charge on any atom is -0.479 e. The molecule has 0 aliphatic heterocycles. The smallest absolute Gasteiger partial charge is 0.337 e. The Morgan fingerprint density at radius 1 is 1.33 bits per heavy atom. The van der Waals surface area contributed by atoms with Gasteiger partial charge in [-0.25, -0.2) is 4.79 Å². The number of benzene rings is 1. The number of alkyl halides is 2. The number of aliphatic hydroxyl groups is 1. The molecule has 2 unspecified atom stereocenters. The zero-order chi connectivity index (χ0) is 13.9. The van der Waals surface area contributed by atoms with Gasteiger partial charge in [-0.1, -0.05) is 37.9 Å². The highest BCUT2D eigenvalue weighted by molar-refractivity contribution is 9.10. The summed E-state index contributed by atoms with van der Waals surface area (Å²) in [5, 5.41) is 18.8. The quantitative estimate of drug-likeness (QED) is 0.609. The Balaban J connectivity index is 3.25. The molecule has 0 saturated carbocycles. The third-order valence-electron chi connectivity index (χ3n) is 2.36. The van der Waals surface area contributed by atoms with Crippen molar-refractivity contribution in [1.29, 1.82) is 0 Å². The summed E-state index contributed by atoms with van der Waals surface area (Å²) in [6.07, 6.45) is -1.62. The summed E-state index contributed by atoms with van der Waals surface area (Å²) in [6.45, 7) is 1.69. The topological polar surface area (TPSA) is 74.6 Å². The largest absolute Gasteiger partial charge is 0.479 e. The molecule has 0 bridgehead atoms. The van der Waals surface area contributed by atoms with E-state index in [2.05, 4.69) is 31.9 Å². The van der Waals surface area contributed by atoms with E-state index >= 15 is 0 Å². The molecule has 0 aliphatic rings. The van der Waals surface area contributed by atoms with Crippen molar-refractivity contribution >= 4 is 43.6 Å². The molecule has 1 rings (SSSR count). The van der Waals surface area contributed by atoms with Gasteiger partial charge in [-0.3, -0.25) is 4.79 Å². The van der Waals surface area contributed by atoms with Crippen molar-refractivity contribution in [2.24, 2.45) is 0 Å². The number of hydrogen-bond donors (Lipinski definition) is 2. The first-order chi connectivity index (χ1) is 8.36. The van der Waals surface area contributed by atoms with Crippen LogP contribution in [0.2, 0.25) is 0 Å². The van der Waals surface area contributed by atoms with Crippen molar-refractivity contribution in [1.82, 2.24) is 0 Å². The Morgan fingerprint density at radius 3 is 2.39 bits per heavy atom. The van der Waals surface area contributed by atoms with Crippen molar-refractivity contribution in [3.8, 4) is 0 Å². The number of ketones is 1. The van der Waals surface area contributed by atoms with Crippen LogP contribution in [0.15, 0.2) is 18.2 Å². The maximum atomic E-state index is 11.9. The highest BCUT2D eigenvalue weighted by Gasteiger charge is 2.20. The predicted molar refractivity (Wildman–Crippen MR) is 74.4 cm³/mol. The van der Waals surface area contributed by atoms with Crippen LogP contribution in [0.4, 0.5) is 0 Å². The molecule has 0 aliphatic carbocycles. The van der Waals surface area contributed by atoms with Gasteiger partial charge in [0.2, 0.25) is 0 Å². The number of rotatable bonds is 5. The first kappa shape index (κ1) is 15.3. The Hall–Kier alpha value is -0.720. The van der Waals surface area contributed by atoms with Crippen molar-refractivity contribution < 1.29 is 19.8 Å². The van der Waals surface area contributed by atoms with Gasteiger partial charge in [0.1, 0.15) is 0 Å². The summed E-state index contributed by atoms with van der Waals surface area (Å²) in [5.74, 6) is -1.50. The van der Waals surface area contributed by atoms with Crippen molar-refractivity contribution in [3.63, 3.8) is 0 Å². The molecule has 1 aromatic rings. The number of hydrogen-bond acceptors (Lipinski definition) is 3. The molecule has 18 heavy (non-hydrogen) atoms. The second kappa shape index (κ2) is 6.45. The molecule has 0 amide bonds. The average molecular weight is 380 g/mol. The van der Waals surface area contributed by atoms with Crippen molar-refractivity contribution in [2.45, 2.75) is 23.2 Å². The van der Waals surface area contributed by atoms with E-state index in [1.807, 2.05) is 0 Å². The Morgan fingerprint density at radius 2 is 1.94 bits per heavy atom. The van der Waals surface area contributed by atoms with Crippen LogP contribution in [0.1, 0.15) is 34.5 Å².